The summed E-state index contributed by atoms with van der Waals surface area (Å²) in [6.07, 6.45) is 6.62. The maximum absolute atomic E-state index is 11.8. The Morgan fingerprint density at radius 3 is 3.11 bits per heavy atom. The highest BCUT2D eigenvalue weighted by atomic mass is 16.5. The monoisotopic (exact) mass is 260 g/mol. The van der Waals surface area contributed by atoms with Gasteiger partial charge in [-0.1, -0.05) is 6.92 Å². The summed E-state index contributed by atoms with van der Waals surface area (Å²) in [4.78, 5) is 17.9. The second-order valence-electron chi connectivity index (χ2n) is 5.50. The molecule has 2 fully saturated rings. The van der Waals surface area contributed by atoms with Crippen LogP contribution in [0.1, 0.15) is 26.2 Å². The molecule has 1 aliphatic heterocycles. The van der Waals surface area contributed by atoms with Crippen LogP contribution in [0.25, 0.3) is 0 Å². The first-order valence-corrected chi connectivity index (χ1v) is 7.12. The summed E-state index contributed by atoms with van der Waals surface area (Å²) in [7, 11) is 0. The number of ether oxygens (including phenoxy) is 1. The number of carbonyl (C=O) groups is 1. The van der Waals surface area contributed by atoms with Crippen molar-refractivity contribution in [3.8, 4) is 5.75 Å². The Labute approximate surface area is 113 Å². The largest absolute Gasteiger partial charge is 0.488 e. The lowest BCUT2D eigenvalue weighted by molar-refractivity contribution is -0.130. The Hall–Kier alpha value is -1.58. The molecule has 0 N–H and O–H groups in total. The molecular formula is C15H20N2O2. The number of likely N-dealkylation sites (tertiary alicyclic amines) is 1. The van der Waals surface area contributed by atoms with E-state index < -0.39 is 0 Å². The van der Waals surface area contributed by atoms with Gasteiger partial charge >= 0.3 is 0 Å². The first-order valence-electron chi connectivity index (χ1n) is 7.12. The highest BCUT2D eigenvalue weighted by Gasteiger charge is 2.44. The molecule has 1 aromatic heterocycles. The van der Waals surface area contributed by atoms with E-state index in [-0.39, 0.29) is 12.0 Å². The molecule has 1 aliphatic carbocycles. The van der Waals surface area contributed by atoms with Crippen LogP contribution in [0.15, 0.2) is 24.5 Å². The van der Waals surface area contributed by atoms with E-state index in [2.05, 4.69) is 4.98 Å². The van der Waals surface area contributed by atoms with E-state index >= 15 is 0 Å². The maximum Gasteiger partial charge on any atom is 0.222 e. The first kappa shape index (κ1) is 12.5. The van der Waals surface area contributed by atoms with Gasteiger partial charge in [0.15, 0.2) is 0 Å². The topological polar surface area (TPSA) is 42.4 Å². The van der Waals surface area contributed by atoms with Crippen molar-refractivity contribution in [3.63, 3.8) is 0 Å². The average molecular weight is 260 g/mol. The minimum absolute atomic E-state index is 0.240. The van der Waals surface area contributed by atoms with Gasteiger partial charge in [0.2, 0.25) is 5.91 Å². The summed E-state index contributed by atoms with van der Waals surface area (Å²) < 4.78 is 6.05. The summed E-state index contributed by atoms with van der Waals surface area (Å²) >= 11 is 0. The van der Waals surface area contributed by atoms with Crippen molar-refractivity contribution in [2.75, 3.05) is 13.1 Å². The molecule has 3 rings (SSSR count). The first-order chi connectivity index (χ1) is 9.28. The van der Waals surface area contributed by atoms with E-state index in [0.717, 1.165) is 25.3 Å². The Morgan fingerprint density at radius 1 is 1.47 bits per heavy atom. The van der Waals surface area contributed by atoms with E-state index in [1.165, 1.54) is 6.42 Å². The quantitative estimate of drug-likeness (QED) is 0.836. The lowest BCUT2D eigenvalue weighted by atomic mass is 9.99. The number of fused-ring (bicyclic) bond motifs is 1. The number of hydrogen-bond donors (Lipinski definition) is 0. The van der Waals surface area contributed by atoms with Crippen molar-refractivity contribution in [1.29, 1.82) is 0 Å². The van der Waals surface area contributed by atoms with Gasteiger partial charge in [0, 0.05) is 31.6 Å². The van der Waals surface area contributed by atoms with Gasteiger partial charge in [0.1, 0.15) is 11.9 Å². The van der Waals surface area contributed by atoms with Crippen LogP contribution in [0.2, 0.25) is 0 Å². The van der Waals surface area contributed by atoms with Crippen molar-refractivity contribution in [2.45, 2.75) is 32.3 Å². The summed E-state index contributed by atoms with van der Waals surface area (Å²) in [6, 6.07) is 3.84. The van der Waals surface area contributed by atoms with Crippen LogP contribution >= 0.6 is 0 Å². The molecule has 1 saturated carbocycles. The van der Waals surface area contributed by atoms with Crippen LogP contribution in [-0.4, -0.2) is 35.0 Å². The molecule has 4 nitrogen and oxygen atoms in total. The van der Waals surface area contributed by atoms with Gasteiger partial charge in [0.05, 0.1) is 6.20 Å². The van der Waals surface area contributed by atoms with Gasteiger partial charge in [-0.15, -0.1) is 0 Å². The van der Waals surface area contributed by atoms with Gasteiger partial charge in [-0.05, 0) is 30.9 Å². The molecule has 0 unspecified atom stereocenters. The van der Waals surface area contributed by atoms with Crippen molar-refractivity contribution in [1.82, 2.24) is 9.88 Å². The predicted molar refractivity (Wildman–Crippen MR) is 71.7 cm³/mol. The fourth-order valence-corrected chi connectivity index (χ4v) is 3.38. The minimum atomic E-state index is 0.240. The standard InChI is InChI=1S/C15H20N2O2/c1-2-15(18)17-9-11-5-6-14(13(11)10-17)19-12-4-3-7-16-8-12/h3-4,7-8,11,13-14H,2,5-6,9-10H2,1H3/t11-,13+,14-/m1/s1. The zero-order valence-corrected chi connectivity index (χ0v) is 11.3. The molecule has 0 spiro atoms. The highest BCUT2D eigenvalue weighted by Crippen LogP contribution is 2.40. The van der Waals surface area contributed by atoms with Crippen LogP contribution in [0.5, 0.6) is 5.75 Å². The Balaban J connectivity index is 1.65. The fourth-order valence-electron chi connectivity index (χ4n) is 3.38. The van der Waals surface area contributed by atoms with Crippen LogP contribution in [0, 0.1) is 11.8 Å². The van der Waals surface area contributed by atoms with E-state index in [1.54, 1.807) is 12.4 Å². The van der Waals surface area contributed by atoms with Crippen molar-refractivity contribution < 1.29 is 9.53 Å². The molecule has 19 heavy (non-hydrogen) atoms. The molecule has 4 heteroatoms. The Bertz CT molecular complexity index is 449. The van der Waals surface area contributed by atoms with Crippen molar-refractivity contribution >= 4 is 5.91 Å². The molecule has 2 heterocycles. The number of amides is 1. The number of pyridine rings is 1. The summed E-state index contributed by atoms with van der Waals surface area (Å²) in [5, 5.41) is 0. The minimum Gasteiger partial charge on any atom is -0.488 e. The van der Waals surface area contributed by atoms with Crippen LogP contribution in [-0.2, 0) is 4.79 Å². The van der Waals surface area contributed by atoms with Gasteiger partial charge < -0.3 is 9.64 Å². The number of hydrogen-bond acceptors (Lipinski definition) is 3. The zero-order valence-electron chi connectivity index (χ0n) is 11.3. The smallest absolute Gasteiger partial charge is 0.222 e. The summed E-state index contributed by atoms with van der Waals surface area (Å²) in [5.74, 6) is 2.23. The van der Waals surface area contributed by atoms with Crippen molar-refractivity contribution in [3.05, 3.63) is 24.5 Å². The highest BCUT2D eigenvalue weighted by molar-refractivity contribution is 5.76. The summed E-state index contributed by atoms with van der Waals surface area (Å²) in [5.41, 5.74) is 0. The van der Waals surface area contributed by atoms with E-state index in [9.17, 15) is 4.79 Å². The van der Waals surface area contributed by atoms with Gasteiger partial charge in [-0.2, -0.15) is 0 Å². The lowest BCUT2D eigenvalue weighted by Crippen LogP contribution is -2.31. The van der Waals surface area contributed by atoms with Gasteiger partial charge in [0.25, 0.3) is 0 Å². The van der Waals surface area contributed by atoms with E-state index in [4.69, 9.17) is 4.74 Å². The predicted octanol–water partition coefficient (Wildman–Crippen LogP) is 2.11. The average Bonchev–Trinajstić information content (AvgIpc) is 3.01. The second-order valence-corrected chi connectivity index (χ2v) is 5.50. The third kappa shape index (κ3) is 2.44. The van der Waals surface area contributed by atoms with E-state index in [1.807, 2.05) is 24.0 Å². The number of nitrogens with zero attached hydrogens (tertiary/aromatic N) is 2. The molecule has 1 aromatic rings. The molecule has 0 radical (unpaired) electrons. The molecular weight excluding hydrogens is 240 g/mol. The molecule has 2 aliphatic rings. The number of aromatic nitrogens is 1. The number of carbonyl (C=O) groups excluding carboxylic acids is 1. The van der Waals surface area contributed by atoms with Crippen molar-refractivity contribution in [2.24, 2.45) is 11.8 Å². The van der Waals surface area contributed by atoms with Crippen LogP contribution in [0.4, 0.5) is 0 Å². The van der Waals surface area contributed by atoms with Gasteiger partial charge in [-0.25, -0.2) is 0 Å². The third-order valence-electron chi connectivity index (χ3n) is 4.37. The zero-order chi connectivity index (χ0) is 13.2. The number of rotatable bonds is 3. The molecule has 1 saturated heterocycles. The Kier molecular flexibility index (Phi) is 3.40. The molecule has 0 bridgehead atoms. The molecule has 0 aromatic carbocycles. The van der Waals surface area contributed by atoms with Crippen LogP contribution in [0.3, 0.4) is 0 Å². The normalized spacial score (nSPS) is 29.3. The summed E-state index contributed by atoms with van der Waals surface area (Å²) in [6.45, 7) is 3.71. The SMILES string of the molecule is CCC(=O)N1C[C@H]2CC[C@@H](Oc3cccnc3)[C@H]2C1. The fraction of sp³-hybridized carbons (Fsp3) is 0.600. The third-order valence-corrected chi connectivity index (χ3v) is 4.37. The maximum atomic E-state index is 11.8. The molecule has 3 atom stereocenters. The molecule has 102 valence electrons. The molecule has 1 amide bonds. The Morgan fingerprint density at radius 2 is 2.37 bits per heavy atom. The lowest BCUT2D eigenvalue weighted by Gasteiger charge is -2.21. The second kappa shape index (κ2) is 5.19. The van der Waals surface area contributed by atoms with Crippen LogP contribution < -0.4 is 4.74 Å². The van der Waals surface area contributed by atoms with E-state index in [0.29, 0.717) is 18.3 Å². The van der Waals surface area contributed by atoms with Gasteiger partial charge in [-0.3, -0.25) is 9.78 Å².